The van der Waals surface area contributed by atoms with Gasteiger partial charge in [0.15, 0.2) is 5.75 Å². The molecule has 0 fully saturated rings. The molecular formula is C20H16N4O5. The molecule has 0 atom stereocenters. The molecular weight excluding hydrogens is 376 g/mol. The van der Waals surface area contributed by atoms with Crippen molar-refractivity contribution in [2.24, 2.45) is 5.10 Å². The number of nitrogens with zero attached hydrogens (tertiary/aromatic N) is 2. The van der Waals surface area contributed by atoms with Crippen LogP contribution in [0.2, 0.25) is 0 Å². The number of rotatable bonds is 5. The number of anilines is 1. The van der Waals surface area contributed by atoms with Crippen LogP contribution in [0.3, 0.4) is 0 Å². The molecule has 2 N–H and O–H groups in total. The van der Waals surface area contributed by atoms with E-state index in [2.05, 4.69) is 15.8 Å². The Labute approximate surface area is 165 Å². The van der Waals surface area contributed by atoms with Crippen molar-refractivity contribution in [2.75, 3.05) is 12.4 Å². The summed E-state index contributed by atoms with van der Waals surface area (Å²) in [6.07, 6.45) is 1.19. The van der Waals surface area contributed by atoms with Crippen LogP contribution in [-0.4, -0.2) is 30.1 Å². The van der Waals surface area contributed by atoms with E-state index >= 15 is 0 Å². The molecule has 0 aromatic heterocycles. The second kappa shape index (κ2) is 8.61. The number of methoxy groups -OCH3 is 1. The Balaban J connectivity index is 1.66. The highest BCUT2D eigenvalue weighted by Crippen LogP contribution is 2.27. The number of carbonyl (C=O) groups excluding carboxylic acids is 2. The van der Waals surface area contributed by atoms with E-state index in [0.717, 1.165) is 10.8 Å². The summed E-state index contributed by atoms with van der Waals surface area (Å²) in [6, 6.07) is 17.0. The second-order valence-electron chi connectivity index (χ2n) is 5.87. The summed E-state index contributed by atoms with van der Waals surface area (Å²) in [5.74, 6) is -1.76. The van der Waals surface area contributed by atoms with E-state index in [1.807, 2.05) is 30.3 Å². The molecule has 9 heteroatoms. The van der Waals surface area contributed by atoms with Crippen LogP contribution in [0, 0.1) is 10.1 Å². The largest absolute Gasteiger partial charge is 0.490 e. The predicted molar refractivity (Wildman–Crippen MR) is 108 cm³/mol. The fourth-order valence-electron chi connectivity index (χ4n) is 2.66. The van der Waals surface area contributed by atoms with E-state index in [0.29, 0.717) is 11.3 Å². The Hall–Kier alpha value is -4.27. The maximum atomic E-state index is 12.1. The molecule has 9 nitrogen and oxygen atoms in total. The van der Waals surface area contributed by atoms with Crippen molar-refractivity contribution in [3.8, 4) is 5.75 Å². The van der Waals surface area contributed by atoms with Gasteiger partial charge in [-0.15, -0.1) is 0 Å². The lowest BCUT2D eigenvalue weighted by Crippen LogP contribution is -2.32. The smallest absolute Gasteiger partial charge is 0.329 e. The summed E-state index contributed by atoms with van der Waals surface area (Å²) in [6.45, 7) is 0. The van der Waals surface area contributed by atoms with Crippen molar-refractivity contribution in [1.29, 1.82) is 0 Å². The number of nitrogens with one attached hydrogen (secondary N) is 2. The molecule has 0 radical (unpaired) electrons. The minimum atomic E-state index is -0.975. The standard InChI is InChI=1S/C20H16N4O5/c1-29-18-10-9-13(11-17(18)24(27)28)12-21-23-20(26)19(25)22-16-8-4-6-14-5-2-3-7-15(14)16/h2-12H,1H3,(H,22,25)(H,23,26). The molecule has 0 unspecified atom stereocenters. The van der Waals surface area contributed by atoms with Crippen LogP contribution < -0.4 is 15.5 Å². The van der Waals surface area contributed by atoms with Crippen LogP contribution in [0.15, 0.2) is 65.8 Å². The maximum Gasteiger partial charge on any atom is 0.329 e. The van der Waals surface area contributed by atoms with Crippen LogP contribution >= 0.6 is 0 Å². The number of hydrazone groups is 1. The number of benzene rings is 3. The molecule has 0 aliphatic heterocycles. The van der Waals surface area contributed by atoms with Crippen LogP contribution in [0.4, 0.5) is 11.4 Å². The van der Waals surface area contributed by atoms with Crippen molar-refractivity contribution >= 4 is 40.2 Å². The van der Waals surface area contributed by atoms with Gasteiger partial charge in [0, 0.05) is 22.7 Å². The molecule has 0 saturated heterocycles. The van der Waals surface area contributed by atoms with Gasteiger partial charge in [-0.1, -0.05) is 36.4 Å². The number of hydrogen-bond donors (Lipinski definition) is 2. The number of carbonyl (C=O) groups is 2. The third-order valence-electron chi connectivity index (χ3n) is 4.02. The normalized spacial score (nSPS) is 10.7. The monoisotopic (exact) mass is 392 g/mol. The van der Waals surface area contributed by atoms with Crippen molar-refractivity contribution in [3.05, 3.63) is 76.3 Å². The summed E-state index contributed by atoms with van der Waals surface area (Å²) in [5, 5.41) is 19.0. The molecule has 0 spiro atoms. The van der Waals surface area contributed by atoms with Gasteiger partial charge < -0.3 is 10.1 Å². The first-order valence-corrected chi connectivity index (χ1v) is 8.44. The Kier molecular flexibility index (Phi) is 5.79. The first-order valence-electron chi connectivity index (χ1n) is 8.44. The lowest BCUT2D eigenvalue weighted by atomic mass is 10.1. The number of fused-ring (bicyclic) bond motifs is 1. The quantitative estimate of drug-likeness (QED) is 0.299. The summed E-state index contributed by atoms with van der Waals surface area (Å²) in [4.78, 5) is 34.5. The van der Waals surface area contributed by atoms with E-state index in [4.69, 9.17) is 4.74 Å². The topological polar surface area (TPSA) is 123 Å². The molecule has 0 bridgehead atoms. The highest BCUT2D eigenvalue weighted by molar-refractivity contribution is 6.40. The number of amides is 2. The molecule has 3 aromatic rings. The zero-order chi connectivity index (χ0) is 20.8. The molecule has 0 aliphatic rings. The first-order chi connectivity index (χ1) is 14.0. The fraction of sp³-hybridized carbons (Fsp3) is 0.0500. The van der Waals surface area contributed by atoms with Gasteiger partial charge >= 0.3 is 17.5 Å². The van der Waals surface area contributed by atoms with E-state index in [-0.39, 0.29) is 11.4 Å². The number of nitro groups is 1. The molecule has 146 valence electrons. The molecule has 29 heavy (non-hydrogen) atoms. The van der Waals surface area contributed by atoms with E-state index in [1.54, 1.807) is 12.1 Å². The number of hydrogen-bond acceptors (Lipinski definition) is 6. The number of nitro benzene ring substituents is 1. The Morgan fingerprint density at radius 2 is 1.83 bits per heavy atom. The van der Waals surface area contributed by atoms with Gasteiger partial charge in [-0.3, -0.25) is 19.7 Å². The van der Waals surface area contributed by atoms with E-state index in [9.17, 15) is 19.7 Å². The minimum Gasteiger partial charge on any atom is -0.490 e. The van der Waals surface area contributed by atoms with Crippen molar-refractivity contribution in [3.63, 3.8) is 0 Å². The Morgan fingerprint density at radius 3 is 2.59 bits per heavy atom. The van der Waals surface area contributed by atoms with Crippen LogP contribution in [0.1, 0.15) is 5.56 Å². The summed E-state index contributed by atoms with van der Waals surface area (Å²) in [7, 11) is 1.32. The SMILES string of the molecule is COc1ccc(C=NNC(=O)C(=O)Nc2cccc3ccccc23)cc1[N+](=O)[O-]. The van der Waals surface area contributed by atoms with E-state index < -0.39 is 16.7 Å². The third-order valence-corrected chi connectivity index (χ3v) is 4.02. The van der Waals surface area contributed by atoms with Crippen molar-refractivity contribution in [2.45, 2.75) is 0 Å². The highest BCUT2D eigenvalue weighted by atomic mass is 16.6. The van der Waals surface area contributed by atoms with Crippen molar-refractivity contribution < 1.29 is 19.2 Å². The third kappa shape index (κ3) is 4.53. The van der Waals surface area contributed by atoms with E-state index in [1.165, 1.54) is 31.5 Å². The van der Waals surface area contributed by atoms with Crippen LogP contribution in [0.25, 0.3) is 10.8 Å². The molecule has 0 saturated carbocycles. The molecule has 0 heterocycles. The molecule has 3 rings (SSSR count). The lowest BCUT2D eigenvalue weighted by molar-refractivity contribution is -0.385. The average Bonchev–Trinajstić information content (AvgIpc) is 2.73. The van der Waals surface area contributed by atoms with Gasteiger partial charge in [0.1, 0.15) is 0 Å². The van der Waals surface area contributed by atoms with Gasteiger partial charge in [0.2, 0.25) is 0 Å². The second-order valence-corrected chi connectivity index (χ2v) is 5.87. The zero-order valence-corrected chi connectivity index (χ0v) is 15.3. The predicted octanol–water partition coefficient (Wildman–Crippen LogP) is 2.85. The van der Waals surface area contributed by atoms with Crippen LogP contribution in [0.5, 0.6) is 5.75 Å². The summed E-state index contributed by atoms with van der Waals surface area (Å²) >= 11 is 0. The van der Waals surface area contributed by atoms with Gasteiger partial charge in [-0.05, 0) is 23.6 Å². The minimum absolute atomic E-state index is 0.102. The highest BCUT2D eigenvalue weighted by Gasteiger charge is 2.16. The molecule has 0 aliphatic carbocycles. The summed E-state index contributed by atoms with van der Waals surface area (Å²) in [5.41, 5.74) is 2.71. The Bertz CT molecular complexity index is 1120. The van der Waals surface area contributed by atoms with Gasteiger partial charge in [-0.2, -0.15) is 5.10 Å². The zero-order valence-electron chi connectivity index (χ0n) is 15.3. The number of ether oxygens (including phenoxy) is 1. The van der Waals surface area contributed by atoms with Gasteiger partial charge in [-0.25, -0.2) is 5.43 Å². The van der Waals surface area contributed by atoms with Crippen LogP contribution in [-0.2, 0) is 9.59 Å². The molecule has 3 aromatic carbocycles. The fourth-order valence-corrected chi connectivity index (χ4v) is 2.66. The van der Waals surface area contributed by atoms with Gasteiger partial charge in [0.05, 0.1) is 18.2 Å². The summed E-state index contributed by atoms with van der Waals surface area (Å²) < 4.78 is 4.91. The van der Waals surface area contributed by atoms with Gasteiger partial charge in [0.25, 0.3) is 0 Å². The maximum absolute atomic E-state index is 12.1. The molecule has 2 amide bonds. The van der Waals surface area contributed by atoms with Crippen molar-refractivity contribution in [1.82, 2.24) is 5.43 Å². The lowest BCUT2D eigenvalue weighted by Gasteiger charge is -2.07. The Morgan fingerprint density at radius 1 is 1.07 bits per heavy atom. The average molecular weight is 392 g/mol. The first kappa shape index (κ1) is 19.5.